The molecule has 3 rings (SSSR count). The summed E-state index contributed by atoms with van der Waals surface area (Å²) in [5.74, 6) is 1.04. The summed E-state index contributed by atoms with van der Waals surface area (Å²) in [6, 6.07) is 16.8. The Hall–Kier alpha value is -4.45. The molecule has 0 radical (unpaired) electrons. The van der Waals surface area contributed by atoms with Crippen molar-refractivity contribution in [3.63, 3.8) is 0 Å². The molecule has 0 aliphatic heterocycles. The van der Waals surface area contributed by atoms with Gasteiger partial charge in [0.1, 0.15) is 24.1 Å². The molecule has 0 saturated heterocycles. The van der Waals surface area contributed by atoms with Gasteiger partial charge in [-0.15, -0.1) is 0 Å². The standard InChI is InChI=1S/C33H43N3O8S/c1-8-44-28-15-11-26(12-16-28)36(45(39,40)29-17-18-30(42-6)31(19-29)43-7)22-32(37)35(24(4)33(38)34-20-23(2)3)21-25-9-13-27(41-5)14-10-25/h9-19,23-24H,8,20-22H2,1-7H3,(H,34,38)/t24-/m1/s1. The van der Waals surface area contributed by atoms with Gasteiger partial charge in [-0.25, -0.2) is 8.42 Å². The summed E-state index contributed by atoms with van der Waals surface area (Å²) >= 11 is 0. The summed E-state index contributed by atoms with van der Waals surface area (Å²) in [6.07, 6.45) is 0. The van der Waals surface area contributed by atoms with Crippen LogP contribution in [0.3, 0.4) is 0 Å². The average Bonchev–Trinajstić information content (AvgIpc) is 3.04. The second kappa shape index (κ2) is 16.0. The normalized spacial score (nSPS) is 11.8. The van der Waals surface area contributed by atoms with Crippen LogP contribution in [0.2, 0.25) is 0 Å². The van der Waals surface area contributed by atoms with Gasteiger partial charge in [-0.2, -0.15) is 0 Å². The lowest BCUT2D eigenvalue weighted by Gasteiger charge is -2.32. The highest BCUT2D eigenvalue weighted by molar-refractivity contribution is 7.92. The van der Waals surface area contributed by atoms with Crippen molar-refractivity contribution in [2.45, 2.75) is 45.2 Å². The van der Waals surface area contributed by atoms with Gasteiger partial charge in [0.25, 0.3) is 10.0 Å². The number of amides is 2. The van der Waals surface area contributed by atoms with Crippen LogP contribution < -0.4 is 28.6 Å². The summed E-state index contributed by atoms with van der Waals surface area (Å²) in [6.45, 7) is 7.76. The maximum absolute atomic E-state index is 14.2. The summed E-state index contributed by atoms with van der Waals surface area (Å²) in [7, 11) is 0.0923. The third-order valence-electron chi connectivity index (χ3n) is 7.02. The molecule has 0 bridgehead atoms. The van der Waals surface area contributed by atoms with Crippen molar-refractivity contribution < 1.29 is 37.0 Å². The molecule has 11 nitrogen and oxygen atoms in total. The van der Waals surface area contributed by atoms with E-state index in [2.05, 4.69) is 5.32 Å². The SMILES string of the molecule is CCOc1ccc(N(CC(=O)N(Cc2ccc(OC)cc2)[C@H](C)C(=O)NCC(C)C)S(=O)(=O)c2ccc(OC)c(OC)c2)cc1. The van der Waals surface area contributed by atoms with Gasteiger partial charge in [-0.3, -0.25) is 13.9 Å². The number of rotatable bonds is 16. The maximum Gasteiger partial charge on any atom is 0.264 e. The van der Waals surface area contributed by atoms with Crippen LogP contribution >= 0.6 is 0 Å². The molecular weight excluding hydrogens is 598 g/mol. The molecule has 1 N–H and O–H groups in total. The number of hydrogen-bond donors (Lipinski definition) is 1. The van der Waals surface area contributed by atoms with Gasteiger partial charge in [0, 0.05) is 19.2 Å². The van der Waals surface area contributed by atoms with Crippen LogP contribution in [0.4, 0.5) is 5.69 Å². The van der Waals surface area contributed by atoms with E-state index in [0.29, 0.717) is 30.4 Å². The lowest BCUT2D eigenvalue weighted by atomic mass is 10.1. The minimum absolute atomic E-state index is 0.0621. The Morgan fingerprint density at radius 2 is 1.44 bits per heavy atom. The molecule has 3 aromatic carbocycles. The molecule has 0 unspecified atom stereocenters. The van der Waals surface area contributed by atoms with E-state index in [4.69, 9.17) is 18.9 Å². The highest BCUT2D eigenvalue weighted by Crippen LogP contribution is 2.33. The number of benzene rings is 3. The molecule has 0 saturated carbocycles. The third kappa shape index (κ3) is 9.04. The first-order chi connectivity index (χ1) is 21.4. The van der Waals surface area contributed by atoms with Crippen molar-refractivity contribution in [2.75, 3.05) is 45.3 Å². The molecule has 0 spiro atoms. The van der Waals surface area contributed by atoms with Crippen LogP contribution in [0.25, 0.3) is 0 Å². The topological polar surface area (TPSA) is 124 Å². The summed E-state index contributed by atoms with van der Waals surface area (Å²) in [5.41, 5.74) is 0.978. The number of carbonyl (C=O) groups excluding carboxylic acids is 2. The fourth-order valence-corrected chi connectivity index (χ4v) is 5.90. The van der Waals surface area contributed by atoms with Crippen LogP contribution in [0, 0.1) is 5.92 Å². The minimum Gasteiger partial charge on any atom is -0.497 e. The van der Waals surface area contributed by atoms with E-state index in [9.17, 15) is 18.0 Å². The number of nitrogens with one attached hydrogen (secondary N) is 1. The molecule has 0 fully saturated rings. The molecule has 45 heavy (non-hydrogen) atoms. The van der Waals surface area contributed by atoms with Gasteiger partial charge >= 0.3 is 0 Å². The lowest BCUT2D eigenvalue weighted by Crippen LogP contribution is -2.51. The molecule has 12 heteroatoms. The Morgan fingerprint density at radius 3 is 2.00 bits per heavy atom. The monoisotopic (exact) mass is 641 g/mol. The fraction of sp³-hybridized carbons (Fsp3) is 0.394. The van der Waals surface area contributed by atoms with Crippen molar-refractivity contribution in [1.29, 1.82) is 0 Å². The van der Waals surface area contributed by atoms with Gasteiger partial charge in [0.05, 0.1) is 38.5 Å². The van der Waals surface area contributed by atoms with E-state index in [1.807, 2.05) is 20.8 Å². The molecule has 244 valence electrons. The van der Waals surface area contributed by atoms with Crippen molar-refractivity contribution >= 4 is 27.5 Å². The van der Waals surface area contributed by atoms with Gasteiger partial charge in [-0.1, -0.05) is 26.0 Å². The molecule has 0 aliphatic rings. The zero-order chi connectivity index (χ0) is 33.1. The Morgan fingerprint density at radius 1 is 0.822 bits per heavy atom. The number of carbonyl (C=O) groups is 2. The zero-order valence-corrected chi connectivity index (χ0v) is 27.7. The van der Waals surface area contributed by atoms with Crippen LogP contribution in [-0.2, 0) is 26.2 Å². The van der Waals surface area contributed by atoms with Crippen molar-refractivity contribution in [2.24, 2.45) is 5.92 Å². The molecule has 0 heterocycles. The second-order valence-corrected chi connectivity index (χ2v) is 12.5. The first-order valence-electron chi connectivity index (χ1n) is 14.6. The predicted octanol–water partition coefficient (Wildman–Crippen LogP) is 4.50. The van der Waals surface area contributed by atoms with Gasteiger partial charge < -0.3 is 29.2 Å². The molecule has 1 atom stereocenters. The average molecular weight is 642 g/mol. The Labute approximate surface area is 266 Å². The summed E-state index contributed by atoms with van der Waals surface area (Å²) in [4.78, 5) is 28.6. The predicted molar refractivity (Wildman–Crippen MR) is 173 cm³/mol. The van der Waals surface area contributed by atoms with Gasteiger partial charge in [-0.05, 0) is 73.9 Å². The number of nitrogens with zero attached hydrogens (tertiary/aromatic N) is 2. The first-order valence-corrected chi connectivity index (χ1v) is 16.1. The summed E-state index contributed by atoms with van der Waals surface area (Å²) < 4.78 is 50.9. The molecule has 3 aromatic rings. The van der Waals surface area contributed by atoms with E-state index >= 15 is 0 Å². The van der Waals surface area contributed by atoms with E-state index in [1.54, 1.807) is 62.6 Å². The van der Waals surface area contributed by atoms with Crippen LogP contribution in [0.15, 0.2) is 71.6 Å². The van der Waals surface area contributed by atoms with E-state index in [0.717, 1.165) is 9.87 Å². The smallest absolute Gasteiger partial charge is 0.264 e. The highest BCUT2D eigenvalue weighted by Gasteiger charge is 2.33. The van der Waals surface area contributed by atoms with Crippen LogP contribution in [-0.4, -0.2) is 72.2 Å². The lowest BCUT2D eigenvalue weighted by molar-refractivity contribution is -0.139. The maximum atomic E-state index is 14.2. The van der Waals surface area contributed by atoms with E-state index < -0.39 is 28.5 Å². The van der Waals surface area contributed by atoms with E-state index in [1.165, 1.54) is 37.3 Å². The molecule has 0 aromatic heterocycles. The van der Waals surface area contributed by atoms with Crippen molar-refractivity contribution in [1.82, 2.24) is 10.2 Å². The summed E-state index contributed by atoms with van der Waals surface area (Å²) in [5, 5.41) is 2.88. The fourth-order valence-electron chi connectivity index (χ4n) is 4.47. The van der Waals surface area contributed by atoms with Crippen LogP contribution in [0.1, 0.15) is 33.3 Å². The van der Waals surface area contributed by atoms with E-state index in [-0.39, 0.29) is 34.7 Å². The van der Waals surface area contributed by atoms with Gasteiger partial charge in [0.15, 0.2) is 11.5 Å². The molecular formula is C33H43N3O8S. The number of anilines is 1. The Kier molecular flexibility index (Phi) is 12.5. The quantitative estimate of drug-likeness (QED) is 0.243. The minimum atomic E-state index is -4.32. The molecule has 2 amide bonds. The van der Waals surface area contributed by atoms with Gasteiger partial charge in [0.2, 0.25) is 11.8 Å². The zero-order valence-electron chi connectivity index (χ0n) is 26.9. The Balaban J connectivity index is 2.06. The second-order valence-electron chi connectivity index (χ2n) is 10.6. The number of hydrogen-bond acceptors (Lipinski definition) is 8. The third-order valence-corrected chi connectivity index (χ3v) is 8.79. The Bertz CT molecular complexity index is 1530. The van der Waals surface area contributed by atoms with Crippen LogP contribution in [0.5, 0.6) is 23.0 Å². The number of sulfonamides is 1. The molecule has 0 aliphatic carbocycles. The number of ether oxygens (including phenoxy) is 4. The number of methoxy groups -OCH3 is 3. The van der Waals surface area contributed by atoms with Crippen molar-refractivity contribution in [3.05, 3.63) is 72.3 Å². The first kappa shape index (κ1) is 35.0. The largest absolute Gasteiger partial charge is 0.497 e. The van der Waals surface area contributed by atoms with Crippen molar-refractivity contribution in [3.8, 4) is 23.0 Å². The highest BCUT2D eigenvalue weighted by atomic mass is 32.2.